The Balaban J connectivity index is 5.67. The van der Waals surface area contributed by atoms with Gasteiger partial charge in [-0.05, 0) is 12.8 Å². The van der Waals surface area contributed by atoms with Crippen LogP contribution >= 0.6 is 0 Å². The van der Waals surface area contributed by atoms with Crippen molar-refractivity contribution in [2.24, 2.45) is 5.16 Å². The first kappa shape index (κ1) is 18.8. The van der Waals surface area contributed by atoms with Crippen molar-refractivity contribution >= 4 is 5.71 Å². The van der Waals surface area contributed by atoms with Crippen molar-refractivity contribution in [2.75, 3.05) is 0 Å². The molecule has 0 amide bonds. The van der Waals surface area contributed by atoms with E-state index in [1.165, 1.54) is 6.92 Å². The van der Waals surface area contributed by atoms with Gasteiger partial charge in [0.25, 0.3) is 0 Å². The smallest absolute Gasteiger partial charge is 0.411 e. The summed E-state index contributed by atoms with van der Waals surface area (Å²) in [6.45, 7) is 1.41. The Bertz CT molecular complexity index is 361. The molecular weight excluding hydrogens is 309 g/mol. The first-order valence-electron chi connectivity index (χ1n) is 5.19. The maximum absolute atomic E-state index is 13.2. The molecule has 11 heteroatoms. The molecule has 0 saturated carbocycles. The van der Waals surface area contributed by atoms with Crippen LogP contribution < -0.4 is 0 Å². The minimum absolute atomic E-state index is 0.135. The van der Waals surface area contributed by atoms with Gasteiger partial charge in [0.1, 0.15) is 5.71 Å². The summed E-state index contributed by atoms with van der Waals surface area (Å²) in [6, 6.07) is 0. The van der Waals surface area contributed by atoms with Gasteiger partial charge in [0.2, 0.25) is 0 Å². The average molecular weight is 319 g/mol. The second-order valence-electron chi connectivity index (χ2n) is 3.87. The molecule has 0 saturated heterocycles. The molecule has 20 heavy (non-hydrogen) atoms. The lowest BCUT2D eigenvalue weighted by Crippen LogP contribution is -2.63. The maximum Gasteiger partial charge on any atom is 0.460 e. The van der Waals surface area contributed by atoms with E-state index in [2.05, 4.69) is 0 Å². The molecule has 2 nitrogen and oxygen atoms in total. The quantitative estimate of drug-likeness (QED) is 0.333. The number of nitrogens with zero attached hydrogens (tertiary/aromatic N) is 1. The standard InChI is InChI=1S/C9H10F9NO/c1-2-3-4-5(19-20)6(10,11)7(12,13)8(14,15)9(16,17)18/h20H,2-4H2,1H3/b19-5+. The largest absolute Gasteiger partial charge is 0.460 e. The summed E-state index contributed by atoms with van der Waals surface area (Å²) in [6.07, 6.45) is -8.06. The highest BCUT2D eigenvalue weighted by atomic mass is 19.4. The van der Waals surface area contributed by atoms with E-state index < -0.39 is 36.1 Å². The third kappa shape index (κ3) is 2.95. The molecule has 0 aromatic heterocycles. The Kier molecular flexibility index (Phi) is 5.35. The molecule has 0 heterocycles. The Labute approximate surface area is 107 Å². The molecule has 0 atom stereocenters. The van der Waals surface area contributed by atoms with E-state index in [-0.39, 0.29) is 12.8 Å². The van der Waals surface area contributed by atoms with Gasteiger partial charge in [-0.3, -0.25) is 0 Å². The summed E-state index contributed by atoms with van der Waals surface area (Å²) in [5.74, 6) is -19.7. The van der Waals surface area contributed by atoms with Crippen LogP contribution in [-0.4, -0.2) is 34.9 Å². The highest BCUT2D eigenvalue weighted by Gasteiger charge is 2.82. The van der Waals surface area contributed by atoms with Crippen LogP contribution in [0.5, 0.6) is 0 Å². The predicted molar refractivity (Wildman–Crippen MR) is 49.6 cm³/mol. The van der Waals surface area contributed by atoms with Crippen LogP contribution in [0.4, 0.5) is 39.5 Å². The fourth-order valence-electron chi connectivity index (χ4n) is 1.17. The molecule has 0 aromatic rings. The van der Waals surface area contributed by atoms with Crippen molar-refractivity contribution in [1.82, 2.24) is 0 Å². The predicted octanol–water partition coefficient (Wildman–Crippen LogP) is 4.48. The average Bonchev–Trinajstić information content (AvgIpc) is 2.27. The van der Waals surface area contributed by atoms with E-state index in [4.69, 9.17) is 5.21 Å². The Morgan fingerprint density at radius 1 is 0.900 bits per heavy atom. The summed E-state index contributed by atoms with van der Waals surface area (Å²) < 4.78 is 113. The molecule has 0 rings (SSSR count). The zero-order valence-electron chi connectivity index (χ0n) is 9.92. The SMILES string of the molecule is CCCC/C(=N\O)C(F)(F)C(F)(F)C(F)(F)C(F)(F)F. The van der Waals surface area contributed by atoms with Gasteiger partial charge in [0.05, 0.1) is 0 Å². The molecule has 0 bridgehead atoms. The van der Waals surface area contributed by atoms with E-state index in [1.807, 2.05) is 0 Å². The molecule has 0 aliphatic carbocycles. The molecule has 0 spiro atoms. The highest BCUT2D eigenvalue weighted by molar-refractivity contribution is 5.91. The summed E-state index contributed by atoms with van der Waals surface area (Å²) in [5.41, 5.74) is -2.13. The second kappa shape index (κ2) is 5.68. The van der Waals surface area contributed by atoms with Crippen LogP contribution in [0.15, 0.2) is 5.16 Å². The molecule has 0 aliphatic rings. The van der Waals surface area contributed by atoms with E-state index in [1.54, 1.807) is 5.16 Å². The van der Waals surface area contributed by atoms with Crippen LogP contribution in [0, 0.1) is 0 Å². The lowest BCUT2D eigenvalue weighted by atomic mass is 9.96. The molecule has 0 aliphatic heterocycles. The first-order chi connectivity index (χ1) is 8.77. The topological polar surface area (TPSA) is 32.6 Å². The van der Waals surface area contributed by atoms with Crippen molar-refractivity contribution in [3.63, 3.8) is 0 Å². The molecule has 0 aromatic carbocycles. The van der Waals surface area contributed by atoms with Gasteiger partial charge in [-0.2, -0.15) is 39.5 Å². The zero-order chi connectivity index (χ0) is 16.4. The summed E-state index contributed by atoms with van der Waals surface area (Å²) >= 11 is 0. The highest BCUT2D eigenvalue weighted by Crippen LogP contribution is 2.53. The van der Waals surface area contributed by atoms with Crippen molar-refractivity contribution < 1.29 is 44.7 Å². The number of hydrogen-bond donors (Lipinski definition) is 1. The molecule has 120 valence electrons. The maximum atomic E-state index is 13.2. The Morgan fingerprint density at radius 2 is 1.35 bits per heavy atom. The monoisotopic (exact) mass is 319 g/mol. The summed E-state index contributed by atoms with van der Waals surface area (Å²) in [5, 5.41) is 9.91. The van der Waals surface area contributed by atoms with Crippen molar-refractivity contribution in [1.29, 1.82) is 0 Å². The van der Waals surface area contributed by atoms with Crippen LogP contribution in [0.1, 0.15) is 26.2 Å². The van der Waals surface area contributed by atoms with Crippen LogP contribution in [0.25, 0.3) is 0 Å². The third-order valence-corrected chi connectivity index (χ3v) is 2.39. The van der Waals surface area contributed by atoms with Gasteiger partial charge in [-0.1, -0.05) is 18.5 Å². The van der Waals surface area contributed by atoms with Gasteiger partial charge in [0, 0.05) is 0 Å². The van der Waals surface area contributed by atoms with Gasteiger partial charge in [-0.25, -0.2) is 0 Å². The van der Waals surface area contributed by atoms with Crippen molar-refractivity contribution in [3.05, 3.63) is 0 Å². The van der Waals surface area contributed by atoms with Gasteiger partial charge >= 0.3 is 23.9 Å². The van der Waals surface area contributed by atoms with Crippen molar-refractivity contribution in [2.45, 2.75) is 50.1 Å². The number of halogens is 9. The van der Waals surface area contributed by atoms with E-state index in [9.17, 15) is 39.5 Å². The van der Waals surface area contributed by atoms with Crippen LogP contribution in [-0.2, 0) is 0 Å². The lowest BCUT2D eigenvalue weighted by molar-refractivity contribution is -0.385. The number of rotatable bonds is 6. The molecule has 1 N–H and O–H groups in total. The number of alkyl halides is 9. The van der Waals surface area contributed by atoms with Gasteiger partial charge in [-0.15, -0.1) is 0 Å². The number of oxime groups is 1. The van der Waals surface area contributed by atoms with Gasteiger partial charge in [0.15, 0.2) is 0 Å². The number of unbranched alkanes of at least 4 members (excludes halogenated alkanes) is 1. The minimum Gasteiger partial charge on any atom is -0.411 e. The molecule has 0 fully saturated rings. The van der Waals surface area contributed by atoms with Crippen molar-refractivity contribution in [3.8, 4) is 0 Å². The summed E-state index contributed by atoms with van der Waals surface area (Å²) in [4.78, 5) is 0. The number of hydrogen-bond acceptors (Lipinski definition) is 2. The van der Waals surface area contributed by atoms with E-state index in [0.717, 1.165) is 0 Å². The van der Waals surface area contributed by atoms with E-state index in [0.29, 0.717) is 0 Å². The van der Waals surface area contributed by atoms with Crippen LogP contribution in [0.3, 0.4) is 0 Å². The molecule has 0 unspecified atom stereocenters. The van der Waals surface area contributed by atoms with Gasteiger partial charge < -0.3 is 5.21 Å². The normalized spacial score (nSPS) is 15.6. The van der Waals surface area contributed by atoms with E-state index >= 15 is 0 Å². The Hall–Kier alpha value is -1.16. The fraction of sp³-hybridized carbons (Fsp3) is 0.889. The molecular formula is C9H10F9NO. The fourth-order valence-corrected chi connectivity index (χ4v) is 1.17. The lowest BCUT2D eigenvalue weighted by Gasteiger charge is -2.33. The third-order valence-electron chi connectivity index (χ3n) is 2.39. The van der Waals surface area contributed by atoms with Crippen LogP contribution in [0.2, 0.25) is 0 Å². The molecule has 0 radical (unpaired) electrons. The Morgan fingerprint density at radius 3 is 1.65 bits per heavy atom. The zero-order valence-corrected chi connectivity index (χ0v) is 9.92. The second-order valence-corrected chi connectivity index (χ2v) is 3.87. The first-order valence-corrected chi connectivity index (χ1v) is 5.19. The minimum atomic E-state index is -6.98. The summed E-state index contributed by atoms with van der Waals surface area (Å²) in [7, 11) is 0.